The van der Waals surface area contributed by atoms with Gasteiger partial charge in [-0.2, -0.15) is 0 Å². The van der Waals surface area contributed by atoms with Crippen molar-refractivity contribution in [2.45, 2.75) is 31.9 Å². The Morgan fingerprint density at radius 2 is 2.10 bits per heavy atom. The maximum atomic E-state index is 12.2. The van der Waals surface area contributed by atoms with E-state index < -0.39 is 10.0 Å². The lowest BCUT2D eigenvalue weighted by Gasteiger charge is -2.23. The number of hydrogen-bond acceptors (Lipinski definition) is 6. The van der Waals surface area contributed by atoms with E-state index in [-0.39, 0.29) is 25.2 Å². The van der Waals surface area contributed by atoms with Crippen molar-refractivity contribution in [1.82, 2.24) is 14.9 Å². The van der Waals surface area contributed by atoms with Crippen molar-refractivity contribution in [3.05, 3.63) is 23.8 Å². The van der Waals surface area contributed by atoms with Crippen molar-refractivity contribution in [2.24, 2.45) is 4.99 Å². The van der Waals surface area contributed by atoms with E-state index in [1.54, 1.807) is 7.05 Å². The number of sulfonamides is 1. The number of nitrogens with one attached hydrogen (secondary N) is 2. The van der Waals surface area contributed by atoms with Gasteiger partial charge in [0.25, 0.3) is 0 Å². The summed E-state index contributed by atoms with van der Waals surface area (Å²) in [5, 5.41) is 3.11. The molecule has 1 aromatic carbocycles. The second kappa shape index (κ2) is 10.1. The Balaban J connectivity index is 1.43. The molecule has 3 rings (SSSR count). The number of rotatable bonds is 8. The Bertz CT molecular complexity index is 809. The summed E-state index contributed by atoms with van der Waals surface area (Å²) in [5.74, 6) is 2.07. The van der Waals surface area contributed by atoms with Crippen molar-refractivity contribution < 1.29 is 22.6 Å². The molecule has 0 bridgehead atoms. The molecule has 1 aromatic rings. The molecule has 0 amide bonds. The van der Waals surface area contributed by atoms with Gasteiger partial charge in [-0.05, 0) is 37.0 Å². The summed E-state index contributed by atoms with van der Waals surface area (Å²) < 4.78 is 43.4. The molecule has 1 unspecified atom stereocenters. The minimum Gasteiger partial charge on any atom is -0.454 e. The van der Waals surface area contributed by atoms with Crippen LogP contribution in [0.4, 0.5) is 0 Å². The summed E-state index contributed by atoms with van der Waals surface area (Å²) in [6.45, 7) is 2.15. The number of ether oxygens (including phenoxy) is 3. The van der Waals surface area contributed by atoms with Gasteiger partial charge in [0.1, 0.15) is 0 Å². The van der Waals surface area contributed by atoms with Gasteiger partial charge in [0.05, 0.1) is 11.9 Å². The SMILES string of the molecule is CN=C(NCCS(=O)(=O)NCC1CCCCO1)N(C)Cc1ccc2c(c1)OCO2. The van der Waals surface area contributed by atoms with Crippen molar-refractivity contribution in [3.8, 4) is 11.5 Å². The van der Waals surface area contributed by atoms with E-state index in [0.717, 1.165) is 36.3 Å². The molecule has 29 heavy (non-hydrogen) atoms. The van der Waals surface area contributed by atoms with Crippen LogP contribution in [0.3, 0.4) is 0 Å². The van der Waals surface area contributed by atoms with Crippen LogP contribution in [0.5, 0.6) is 11.5 Å². The number of hydrogen-bond donors (Lipinski definition) is 2. The van der Waals surface area contributed by atoms with Crippen LogP contribution in [0.15, 0.2) is 23.2 Å². The molecule has 1 fully saturated rings. The van der Waals surface area contributed by atoms with Gasteiger partial charge in [-0.3, -0.25) is 4.99 Å². The third kappa shape index (κ3) is 6.48. The number of guanidine groups is 1. The Kier molecular flexibility index (Phi) is 7.57. The van der Waals surface area contributed by atoms with Crippen molar-refractivity contribution in [3.63, 3.8) is 0 Å². The highest BCUT2D eigenvalue weighted by Gasteiger charge is 2.18. The van der Waals surface area contributed by atoms with Gasteiger partial charge in [0.2, 0.25) is 16.8 Å². The lowest BCUT2D eigenvalue weighted by molar-refractivity contribution is 0.0200. The van der Waals surface area contributed by atoms with E-state index >= 15 is 0 Å². The zero-order valence-corrected chi connectivity index (χ0v) is 17.8. The van der Waals surface area contributed by atoms with Crippen LogP contribution in [0.25, 0.3) is 0 Å². The Morgan fingerprint density at radius 1 is 1.28 bits per heavy atom. The monoisotopic (exact) mass is 426 g/mol. The van der Waals surface area contributed by atoms with Crippen LogP contribution in [0.1, 0.15) is 24.8 Å². The Morgan fingerprint density at radius 3 is 2.86 bits per heavy atom. The van der Waals surface area contributed by atoms with Crippen LogP contribution in [-0.4, -0.2) is 71.7 Å². The van der Waals surface area contributed by atoms with Crippen LogP contribution >= 0.6 is 0 Å². The number of fused-ring (bicyclic) bond motifs is 1. The molecule has 0 saturated carbocycles. The van der Waals surface area contributed by atoms with Gasteiger partial charge in [0.15, 0.2) is 17.5 Å². The van der Waals surface area contributed by atoms with Crippen molar-refractivity contribution in [1.29, 1.82) is 0 Å². The molecule has 0 aliphatic carbocycles. The summed E-state index contributed by atoms with van der Waals surface area (Å²) in [5.41, 5.74) is 1.04. The first-order valence-corrected chi connectivity index (χ1v) is 11.5. The Hall–Kier alpha value is -2.04. The second-order valence-electron chi connectivity index (χ2n) is 7.17. The minimum absolute atomic E-state index is 0.0212. The molecule has 2 aliphatic heterocycles. The molecule has 2 aliphatic rings. The zero-order valence-electron chi connectivity index (χ0n) is 17.0. The molecule has 0 spiro atoms. The van der Waals surface area contributed by atoms with E-state index in [9.17, 15) is 8.42 Å². The summed E-state index contributed by atoms with van der Waals surface area (Å²) in [6, 6.07) is 5.79. The fraction of sp³-hybridized carbons (Fsp3) is 0.632. The second-order valence-corrected chi connectivity index (χ2v) is 9.10. The zero-order chi connectivity index (χ0) is 20.7. The van der Waals surface area contributed by atoms with Crippen LogP contribution in [-0.2, 0) is 21.3 Å². The number of benzene rings is 1. The highest BCUT2D eigenvalue weighted by Crippen LogP contribution is 2.32. The lowest BCUT2D eigenvalue weighted by Crippen LogP contribution is -2.43. The number of aliphatic imine (C=N–C) groups is 1. The quantitative estimate of drug-likeness (QED) is 0.471. The third-order valence-corrected chi connectivity index (χ3v) is 6.24. The third-order valence-electron chi connectivity index (χ3n) is 4.89. The molecule has 1 atom stereocenters. The molecule has 2 heterocycles. The predicted molar refractivity (Wildman–Crippen MR) is 111 cm³/mol. The summed E-state index contributed by atoms with van der Waals surface area (Å²) in [6.07, 6.45) is 3.01. The smallest absolute Gasteiger partial charge is 0.231 e. The van der Waals surface area contributed by atoms with E-state index in [0.29, 0.717) is 25.7 Å². The van der Waals surface area contributed by atoms with Crippen LogP contribution in [0, 0.1) is 0 Å². The van der Waals surface area contributed by atoms with Gasteiger partial charge >= 0.3 is 0 Å². The maximum Gasteiger partial charge on any atom is 0.231 e. The van der Waals surface area contributed by atoms with Crippen molar-refractivity contribution >= 4 is 16.0 Å². The van der Waals surface area contributed by atoms with Gasteiger partial charge in [-0.15, -0.1) is 0 Å². The molecule has 1 saturated heterocycles. The molecular weight excluding hydrogens is 396 g/mol. The molecule has 0 radical (unpaired) electrons. The number of nitrogens with zero attached hydrogens (tertiary/aromatic N) is 2. The van der Waals surface area contributed by atoms with Crippen LogP contribution < -0.4 is 19.5 Å². The van der Waals surface area contributed by atoms with Gasteiger partial charge in [-0.25, -0.2) is 13.1 Å². The average Bonchev–Trinajstić information content (AvgIpc) is 3.18. The highest BCUT2D eigenvalue weighted by molar-refractivity contribution is 7.89. The minimum atomic E-state index is -3.37. The average molecular weight is 427 g/mol. The summed E-state index contributed by atoms with van der Waals surface area (Å²) in [4.78, 5) is 6.16. The highest BCUT2D eigenvalue weighted by atomic mass is 32.2. The summed E-state index contributed by atoms with van der Waals surface area (Å²) in [7, 11) is 0.195. The lowest BCUT2D eigenvalue weighted by atomic mass is 10.1. The Labute approximate surface area is 172 Å². The summed E-state index contributed by atoms with van der Waals surface area (Å²) >= 11 is 0. The van der Waals surface area contributed by atoms with Gasteiger partial charge in [0, 0.05) is 40.3 Å². The van der Waals surface area contributed by atoms with E-state index in [2.05, 4.69) is 15.0 Å². The maximum absolute atomic E-state index is 12.2. The van der Waals surface area contributed by atoms with Crippen LogP contribution in [0.2, 0.25) is 0 Å². The molecule has 9 nitrogen and oxygen atoms in total. The standard InChI is InChI=1S/C19H30N4O5S/c1-20-19(23(2)13-15-6-7-17-18(11-15)28-14-27-17)21-8-10-29(24,25)22-12-16-5-3-4-9-26-16/h6-7,11,16,22H,3-5,8-10,12-14H2,1-2H3,(H,20,21). The van der Waals surface area contributed by atoms with E-state index in [4.69, 9.17) is 14.2 Å². The molecule has 162 valence electrons. The first-order chi connectivity index (χ1) is 14.0. The normalized spacial score (nSPS) is 19.2. The topological polar surface area (TPSA) is 101 Å². The van der Waals surface area contributed by atoms with E-state index in [1.807, 2.05) is 30.1 Å². The molecular formula is C19H30N4O5S. The predicted octanol–water partition coefficient (Wildman–Crippen LogP) is 0.911. The largest absolute Gasteiger partial charge is 0.454 e. The molecule has 0 aromatic heterocycles. The first-order valence-electron chi connectivity index (χ1n) is 9.86. The van der Waals surface area contributed by atoms with Gasteiger partial charge in [-0.1, -0.05) is 6.07 Å². The fourth-order valence-corrected chi connectivity index (χ4v) is 4.29. The molecule has 2 N–H and O–H groups in total. The molecule has 10 heteroatoms. The fourth-order valence-electron chi connectivity index (χ4n) is 3.33. The van der Waals surface area contributed by atoms with Gasteiger partial charge < -0.3 is 24.4 Å². The first kappa shape index (κ1) is 21.7. The van der Waals surface area contributed by atoms with Crippen molar-refractivity contribution in [2.75, 3.05) is 46.3 Å². The van der Waals surface area contributed by atoms with E-state index in [1.165, 1.54) is 0 Å².